The predicted molar refractivity (Wildman–Crippen MR) is 164 cm³/mol. The fourth-order valence-corrected chi connectivity index (χ4v) is 6.53. The summed E-state index contributed by atoms with van der Waals surface area (Å²) in [6, 6.07) is 12.5. The van der Waals surface area contributed by atoms with E-state index in [1.54, 1.807) is 56.5 Å². The quantitative estimate of drug-likeness (QED) is 0.160. The Hall–Kier alpha value is -3.29. The number of alkyl halides is 3. The number of hydrogen-bond donors (Lipinski definition) is 0. The number of thioether (sulfide) groups is 1. The van der Waals surface area contributed by atoms with Crippen molar-refractivity contribution in [1.82, 2.24) is 14.8 Å². The molecular weight excluding hydrogens is 615 g/mol. The summed E-state index contributed by atoms with van der Waals surface area (Å²) in [6.07, 6.45) is -4.72. The van der Waals surface area contributed by atoms with E-state index < -0.39 is 23.3 Å². The summed E-state index contributed by atoms with van der Waals surface area (Å²) in [5, 5.41) is 0.652. The lowest BCUT2D eigenvalue weighted by atomic mass is 10.1. The van der Waals surface area contributed by atoms with Gasteiger partial charge in [0.1, 0.15) is 10.8 Å². The Bertz CT molecular complexity index is 1400. The van der Waals surface area contributed by atoms with Crippen molar-refractivity contribution in [2.24, 2.45) is 0 Å². The molecule has 1 amide bonds. The Morgan fingerprint density at radius 3 is 2.16 bits per heavy atom. The SMILES string of the molecule is CCOC(=O)N1CCN(Cc2nc(-c3ccc(C(F)(F)F)cc3)sc2CSc2ccc(OC(C)(C)C(=O)OCC)cc2)CC1. The molecule has 3 aromatic rings. The summed E-state index contributed by atoms with van der Waals surface area (Å²) < 4.78 is 55.4. The van der Waals surface area contributed by atoms with Crippen molar-refractivity contribution in [2.45, 2.75) is 56.7 Å². The molecule has 238 valence electrons. The summed E-state index contributed by atoms with van der Waals surface area (Å²) in [6.45, 7) is 10.4. The molecule has 0 N–H and O–H groups in total. The van der Waals surface area contributed by atoms with E-state index in [0.717, 1.165) is 27.6 Å². The minimum atomic E-state index is -4.41. The number of piperazine rings is 1. The number of nitrogens with zero attached hydrogens (tertiary/aromatic N) is 3. The summed E-state index contributed by atoms with van der Waals surface area (Å²) in [5.74, 6) is 0.699. The number of hydrogen-bond acceptors (Lipinski definition) is 9. The first kappa shape index (κ1) is 33.6. The van der Waals surface area contributed by atoms with Gasteiger partial charge in [-0.2, -0.15) is 13.2 Å². The van der Waals surface area contributed by atoms with Crippen molar-refractivity contribution in [3.8, 4) is 16.3 Å². The van der Waals surface area contributed by atoms with E-state index in [1.165, 1.54) is 23.5 Å². The zero-order valence-electron chi connectivity index (χ0n) is 25.1. The predicted octanol–water partition coefficient (Wildman–Crippen LogP) is 7.12. The third-order valence-electron chi connectivity index (χ3n) is 6.84. The maximum atomic E-state index is 13.1. The highest BCUT2D eigenvalue weighted by atomic mass is 32.2. The molecule has 0 saturated carbocycles. The van der Waals surface area contributed by atoms with E-state index in [-0.39, 0.29) is 12.7 Å². The highest BCUT2D eigenvalue weighted by Crippen LogP contribution is 2.36. The lowest BCUT2D eigenvalue weighted by Crippen LogP contribution is -2.48. The molecule has 13 heteroatoms. The van der Waals surface area contributed by atoms with Crippen LogP contribution in [0.2, 0.25) is 0 Å². The number of carbonyl (C=O) groups is 2. The number of halogens is 3. The summed E-state index contributed by atoms with van der Waals surface area (Å²) in [7, 11) is 0. The standard InChI is InChI=1S/C31H36F3N3O5S2/c1-5-40-28(38)30(3,4)42-23-11-13-24(14-12-23)43-20-26-25(19-36-15-17-37(18-16-36)29(39)41-6-2)35-27(44-26)21-7-9-22(10-8-21)31(32,33)34/h7-14H,5-6,15-20H2,1-4H3. The molecule has 4 rings (SSSR count). The Labute approximate surface area is 263 Å². The topological polar surface area (TPSA) is 81.2 Å². The maximum absolute atomic E-state index is 13.1. The van der Waals surface area contributed by atoms with Gasteiger partial charge in [-0.25, -0.2) is 14.6 Å². The van der Waals surface area contributed by atoms with Crippen molar-refractivity contribution in [3.05, 3.63) is 64.7 Å². The van der Waals surface area contributed by atoms with Crippen LogP contribution in [0.25, 0.3) is 10.6 Å². The number of esters is 1. The second kappa shape index (κ2) is 14.7. The third kappa shape index (κ3) is 8.89. The Morgan fingerprint density at radius 1 is 0.932 bits per heavy atom. The molecule has 2 heterocycles. The molecule has 1 saturated heterocycles. The van der Waals surface area contributed by atoms with Gasteiger partial charge in [0.2, 0.25) is 0 Å². The molecule has 0 spiro atoms. The van der Waals surface area contributed by atoms with Crippen LogP contribution in [-0.2, 0) is 32.7 Å². The lowest BCUT2D eigenvalue weighted by molar-refractivity contribution is -0.158. The number of ether oxygens (including phenoxy) is 3. The lowest BCUT2D eigenvalue weighted by Gasteiger charge is -2.33. The second-order valence-electron chi connectivity index (χ2n) is 10.5. The van der Waals surface area contributed by atoms with Gasteiger partial charge < -0.3 is 19.1 Å². The average molecular weight is 652 g/mol. The second-order valence-corrected chi connectivity index (χ2v) is 12.7. The number of carbonyl (C=O) groups excluding carboxylic acids is 2. The summed E-state index contributed by atoms with van der Waals surface area (Å²) in [5.41, 5.74) is -0.346. The molecule has 8 nitrogen and oxygen atoms in total. The molecular formula is C31H36F3N3O5S2. The molecule has 1 aliphatic rings. The Kier molecular flexibility index (Phi) is 11.2. The first-order chi connectivity index (χ1) is 20.9. The number of rotatable bonds is 11. The fraction of sp³-hybridized carbons (Fsp3) is 0.452. The maximum Gasteiger partial charge on any atom is 0.416 e. The molecule has 1 fully saturated rings. The van der Waals surface area contributed by atoms with Crippen LogP contribution in [0.5, 0.6) is 5.75 Å². The van der Waals surface area contributed by atoms with Gasteiger partial charge in [-0.1, -0.05) is 12.1 Å². The monoisotopic (exact) mass is 651 g/mol. The van der Waals surface area contributed by atoms with Crippen molar-refractivity contribution < 1.29 is 37.0 Å². The fourth-order valence-electron chi connectivity index (χ4n) is 4.45. The molecule has 44 heavy (non-hydrogen) atoms. The number of thiazole rings is 1. The van der Waals surface area contributed by atoms with E-state index in [1.807, 2.05) is 12.1 Å². The number of amides is 1. The first-order valence-corrected chi connectivity index (χ1v) is 16.1. The van der Waals surface area contributed by atoms with Gasteiger partial charge in [-0.15, -0.1) is 23.1 Å². The zero-order valence-corrected chi connectivity index (χ0v) is 26.7. The average Bonchev–Trinajstić information content (AvgIpc) is 3.39. The van der Waals surface area contributed by atoms with E-state index in [0.29, 0.717) is 61.4 Å². The minimum Gasteiger partial charge on any atom is -0.476 e. The molecule has 2 aromatic carbocycles. The van der Waals surface area contributed by atoms with E-state index in [4.69, 9.17) is 19.2 Å². The van der Waals surface area contributed by atoms with Crippen LogP contribution in [0.1, 0.15) is 43.8 Å². The van der Waals surface area contributed by atoms with Crippen LogP contribution in [-0.4, -0.2) is 71.8 Å². The molecule has 1 aliphatic heterocycles. The van der Waals surface area contributed by atoms with Crippen molar-refractivity contribution in [1.29, 1.82) is 0 Å². The zero-order chi connectivity index (χ0) is 31.9. The van der Waals surface area contributed by atoms with Gasteiger partial charge in [0.15, 0.2) is 5.60 Å². The Balaban J connectivity index is 1.48. The molecule has 0 unspecified atom stereocenters. The molecule has 1 aromatic heterocycles. The third-order valence-corrected chi connectivity index (χ3v) is 9.21. The van der Waals surface area contributed by atoms with Gasteiger partial charge in [-0.3, -0.25) is 4.90 Å². The van der Waals surface area contributed by atoms with Crippen LogP contribution in [0, 0.1) is 0 Å². The van der Waals surface area contributed by atoms with Crippen LogP contribution in [0.4, 0.5) is 18.0 Å². The van der Waals surface area contributed by atoms with Crippen LogP contribution in [0.3, 0.4) is 0 Å². The van der Waals surface area contributed by atoms with E-state index in [2.05, 4.69) is 4.90 Å². The molecule has 0 atom stereocenters. The number of aromatic nitrogens is 1. The number of benzene rings is 2. The summed E-state index contributed by atoms with van der Waals surface area (Å²) in [4.78, 5) is 35.0. The van der Waals surface area contributed by atoms with Gasteiger partial charge in [0.05, 0.1) is 24.5 Å². The van der Waals surface area contributed by atoms with Gasteiger partial charge >= 0.3 is 18.2 Å². The van der Waals surface area contributed by atoms with Crippen molar-refractivity contribution >= 4 is 35.2 Å². The van der Waals surface area contributed by atoms with E-state index in [9.17, 15) is 22.8 Å². The normalized spacial score (nSPS) is 14.4. The van der Waals surface area contributed by atoms with Crippen molar-refractivity contribution in [2.75, 3.05) is 39.4 Å². The van der Waals surface area contributed by atoms with Gasteiger partial charge in [-0.05, 0) is 64.1 Å². The van der Waals surface area contributed by atoms with Crippen LogP contribution < -0.4 is 4.74 Å². The molecule has 0 radical (unpaired) electrons. The van der Waals surface area contributed by atoms with Crippen molar-refractivity contribution in [3.63, 3.8) is 0 Å². The van der Waals surface area contributed by atoms with E-state index >= 15 is 0 Å². The summed E-state index contributed by atoms with van der Waals surface area (Å²) >= 11 is 3.07. The van der Waals surface area contributed by atoms with Gasteiger partial charge in [0, 0.05) is 53.8 Å². The molecule has 0 aliphatic carbocycles. The highest BCUT2D eigenvalue weighted by molar-refractivity contribution is 7.98. The largest absolute Gasteiger partial charge is 0.476 e. The van der Waals surface area contributed by atoms with Gasteiger partial charge in [0.25, 0.3) is 0 Å². The highest BCUT2D eigenvalue weighted by Gasteiger charge is 2.32. The first-order valence-electron chi connectivity index (χ1n) is 14.3. The van der Waals surface area contributed by atoms with Crippen LogP contribution >= 0.6 is 23.1 Å². The van der Waals surface area contributed by atoms with Crippen LogP contribution in [0.15, 0.2) is 53.4 Å². The smallest absolute Gasteiger partial charge is 0.416 e. The Morgan fingerprint density at radius 2 is 1.57 bits per heavy atom. The minimum absolute atomic E-state index is 0.269. The molecule has 0 bridgehead atoms.